The zero-order chi connectivity index (χ0) is 15.3. The summed E-state index contributed by atoms with van der Waals surface area (Å²) in [5.41, 5.74) is 0.164. The highest BCUT2D eigenvalue weighted by molar-refractivity contribution is 5.97. The fraction of sp³-hybridized carbons (Fsp3) is 0.562. The summed E-state index contributed by atoms with van der Waals surface area (Å²) in [6.07, 6.45) is 1.74. The van der Waals surface area contributed by atoms with Crippen LogP contribution in [0.1, 0.15) is 50.9 Å². The molecule has 0 fully saturated rings. The third-order valence-electron chi connectivity index (χ3n) is 3.45. The molecule has 0 aromatic heterocycles. The van der Waals surface area contributed by atoms with Crippen molar-refractivity contribution < 1.29 is 15.0 Å². The number of para-hydroxylation sites is 1. The maximum Gasteiger partial charge on any atom is 0.258 e. The minimum atomic E-state index is -0.336. The van der Waals surface area contributed by atoms with Crippen molar-refractivity contribution in [2.45, 2.75) is 46.6 Å². The molecule has 1 aromatic rings. The topological polar surface area (TPSA) is 60.8 Å². The summed E-state index contributed by atoms with van der Waals surface area (Å²) in [5.74, 6) is -0.470. The monoisotopic (exact) mass is 279 g/mol. The van der Waals surface area contributed by atoms with Gasteiger partial charge < -0.3 is 15.1 Å². The Morgan fingerprint density at radius 2 is 1.80 bits per heavy atom. The Balaban J connectivity index is 3.12. The molecule has 112 valence electrons. The minimum absolute atomic E-state index is 0.145. The van der Waals surface area contributed by atoms with Crippen LogP contribution in [0.2, 0.25) is 0 Å². The lowest BCUT2D eigenvalue weighted by atomic mass is 10.0. The quantitative estimate of drug-likeness (QED) is 0.785. The maximum absolute atomic E-state index is 12.7. The first-order valence-corrected chi connectivity index (χ1v) is 7.24. The molecule has 20 heavy (non-hydrogen) atoms. The van der Waals surface area contributed by atoms with E-state index in [0.29, 0.717) is 12.5 Å². The zero-order valence-electron chi connectivity index (χ0n) is 12.8. The molecule has 1 aromatic carbocycles. The Morgan fingerprint density at radius 1 is 1.20 bits per heavy atom. The van der Waals surface area contributed by atoms with Gasteiger partial charge in [0.05, 0.1) is 5.56 Å². The lowest BCUT2D eigenvalue weighted by Crippen LogP contribution is -2.42. The number of amides is 1. The minimum Gasteiger partial charge on any atom is -0.504 e. The van der Waals surface area contributed by atoms with E-state index in [1.807, 2.05) is 0 Å². The van der Waals surface area contributed by atoms with Crippen molar-refractivity contribution in [2.75, 3.05) is 6.54 Å². The zero-order valence-corrected chi connectivity index (χ0v) is 12.8. The van der Waals surface area contributed by atoms with E-state index < -0.39 is 0 Å². The second kappa shape index (κ2) is 7.17. The van der Waals surface area contributed by atoms with Gasteiger partial charge in [-0.25, -0.2) is 0 Å². The second-order valence-electron chi connectivity index (χ2n) is 5.49. The standard InChI is InChI=1S/C16H25NO3/c1-5-12(6-2)17(10-11(3)4)16(20)13-8-7-9-14(18)15(13)19/h7-9,11-12,18-19H,5-6,10H2,1-4H3. The van der Waals surface area contributed by atoms with Gasteiger partial charge in [-0.3, -0.25) is 4.79 Å². The van der Waals surface area contributed by atoms with Crippen LogP contribution < -0.4 is 0 Å². The van der Waals surface area contributed by atoms with E-state index in [2.05, 4.69) is 27.7 Å². The van der Waals surface area contributed by atoms with Gasteiger partial charge in [0.2, 0.25) is 0 Å². The molecule has 0 saturated carbocycles. The lowest BCUT2D eigenvalue weighted by Gasteiger charge is -2.32. The molecular weight excluding hydrogens is 254 g/mol. The number of aromatic hydroxyl groups is 2. The molecule has 2 N–H and O–H groups in total. The number of hydrogen-bond acceptors (Lipinski definition) is 3. The normalized spacial score (nSPS) is 11.1. The van der Waals surface area contributed by atoms with Gasteiger partial charge in [-0.15, -0.1) is 0 Å². The molecule has 0 radical (unpaired) electrons. The largest absolute Gasteiger partial charge is 0.504 e. The first-order chi connectivity index (χ1) is 9.42. The summed E-state index contributed by atoms with van der Waals surface area (Å²) < 4.78 is 0. The SMILES string of the molecule is CCC(CC)N(CC(C)C)C(=O)c1cccc(O)c1O. The van der Waals surface area contributed by atoms with Gasteiger partial charge in [0, 0.05) is 12.6 Å². The number of carbonyl (C=O) groups is 1. The predicted molar refractivity (Wildman–Crippen MR) is 80.0 cm³/mol. The van der Waals surface area contributed by atoms with E-state index in [0.717, 1.165) is 12.8 Å². The Bertz CT molecular complexity index is 453. The Hall–Kier alpha value is -1.71. The average Bonchev–Trinajstić information content (AvgIpc) is 2.41. The van der Waals surface area contributed by atoms with Gasteiger partial charge in [-0.1, -0.05) is 33.8 Å². The first kappa shape index (κ1) is 16.3. The molecule has 0 heterocycles. The molecule has 1 amide bonds. The van der Waals surface area contributed by atoms with Crippen molar-refractivity contribution >= 4 is 5.91 Å². The molecular formula is C16H25NO3. The van der Waals surface area contributed by atoms with Crippen LogP contribution >= 0.6 is 0 Å². The third-order valence-corrected chi connectivity index (χ3v) is 3.45. The van der Waals surface area contributed by atoms with Crippen LogP contribution in [0.15, 0.2) is 18.2 Å². The number of carbonyl (C=O) groups excluding carboxylic acids is 1. The molecule has 4 heteroatoms. The molecule has 0 spiro atoms. The molecule has 0 bridgehead atoms. The second-order valence-corrected chi connectivity index (χ2v) is 5.49. The van der Waals surface area contributed by atoms with E-state index in [1.165, 1.54) is 6.07 Å². The highest BCUT2D eigenvalue weighted by Crippen LogP contribution is 2.30. The molecule has 1 rings (SSSR count). The van der Waals surface area contributed by atoms with Gasteiger partial charge in [0.25, 0.3) is 5.91 Å². The summed E-state index contributed by atoms with van der Waals surface area (Å²) in [4.78, 5) is 14.5. The van der Waals surface area contributed by atoms with Crippen LogP contribution in [0.5, 0.6) is 11.5 Å². The molecule has 0 unspecified atom stereocenters. The smallest absolute Gasteiger partial charge is 0.258 e. The predicted octanol–water partition coefficient (Wildman–Crippen LogP) is 3.38. The van der Waals surface area contributed by atoms with Crippen molar-refractivity contribution in [1.82, 2.24) is 4.90 Å². The molecule has 4 nitrogen and oxygen atoms in total. The number of phenolic OH excluding ortho intramolecular Hbond substituents is 2. The molecule has 0 aliphatic carbocycles. The summed E-state index contributed by atoms with van der Waals surface area (Å²) in [6, 6.07) is 4.64. The Kier molecular flexibility index (Phi) is 5.86. The summed E-state index contributed by atoms with van der Waals surface area (Å²) >= 11 is 0. The van der Waals surface area contributed by atoms with Gasteiger partial charge in [0.15, 0.2) is 11.5 Å². The van der Waals surface area contributed by atoms with Crippen LogP contribution in [0.25, 0.3) is 0 Å². The molecule has 0 aliphatic heterocycles. The number of phenols is 2. The first-order valence-electron chi connectivity index (χ1n) is 7.24. The van der Waals surface area contributed by atoms with Crippen molar-refractivity contribution in [2.24, 2.45) is 5.92 Å². The fourth-order valence-electron chi connectivity index (χ4n) is 2.38. The summed E-state index contributed by atoms with van der Waals surface area (Å²) in [6.45, 7) is 8.87. The molecule has 0 atom stereocenters. The summed E-state index contributed by atoms with van der Waals surface area (Å²) in [5, 5.41) is 19.4. The number of benzene rings is 1. The van der Waals surface area contributed by atoms with E-state index in [1.54, 1.807) is 17.0 Å². The van der Waals surface area contributed by atoms with E-state index in [4.69, 9.17) is 0 Å². The van der Waals surface area contributed by atoms with Crippen molar-refractivity contribution in [1.29, 1.82) is 0 Å². The van der Waals surface area contributed by atoms with Crippen LogP contribution in [0.3, 0.4) is 0 Å². The Morgan fingerprint density at radius 3 is 2.30 bits per heavy atom. The van der Waals surface area contributed by atoms with E-state index in [-0.39, 0.29) is 29.0 Å². The number of nitrogens with zero attached hydrogens (tertiary/aromatic N) is 1. The molecule has 0 aliphatic rings. The van der Waals surface area contributed by atoms with Crippen LogP contribution in [0.4, 0.5) is 0 Å². The maximum atomic E-state index is 12.7. The number of rotatable bonds is 6. The van der Waals surface area contributed by atoms with Crippen LogP contribution in [-0.4, -0.2) is 33.6 Å². The van der Waals surface area contributed by atoms with Crippen molar-refractivity contribution in [3.05, 3.63) is 23.8 Å². The van der Waals surface area contributed by atoms with Gasteiger partial charge in [0.1, 0.15) is 0 Å². The summed E-state index contributed by atoms with van der Waals surface area (Å²) in [7, 11) is 0. The van der Waals surface area contributed by atoms with Crippen LogP contribution in [-0.2, 0) is 0 Å². The van der Waals surface area contributed by atoms with Crippen LogP contribution in [0, 0.1) is 5.92 Å². The Labute approximate surface area is 121 Å². The van der Waals surface area contributed by atoms with E-state index in [9.17, 15) is 15.0 Å². The van der Waals surface area contributed by atoms with E-state index >= 15 is 0 Å². The number of hydrogen-bond donors (Lipinski definition) is 2. The lowest BCUT2D eigenvalue weighted by molar-refractivity contribution is 0.0636. The third kappa shape index (κ3) is 3.65. The van der Waals surface area contributed by atoms with Crippen molar-refractivity contribution in [3.8, 4) is 11.5 Å². The molecule has 0 saturated heterocycles. The van der Waals surface area contributed by atoms with Crippen molar-refractivity contribution in [3.63, 3.8) is 0 Å². The highest BCUT2D eigenvalue weighted by atomic mass is 16.3. The van der Waals surface area contributed by atoms with Gasteiger partial charge >= 0.3 is 0 Å². The average molecular weight is 279 g/mol. The fourth-order valence-corrected chi connectivity index (χ4v) is 2.38. The van der Waals surface area contributed by atoms with Gasteiger partial charge in [-0.2, -0.15) is 0 Å². The van der Waals surface area contributed by atoms with Gasteiger partial charge in [-0.05, 0) is 30.9 Å². The highest BCUT2D eigenvalue weighted by Gasteiger charge is 2.25.